The molecule has 4 aromatic rings. The molecule has 0 bridgehead atoms. The zero-order valence-corrected chi connectivity index (χ0v) is 19.7. The average Bonchev–Trinajstić information content (AvgIpc) is 3.48. The Hall–Kier alpha value is -2.98. The number of rotatable bonds is 5. The number of benzene rings is 1. The maximum Gasteiger partial charge on any atom is 0.265 e. The molecule has 1 aliphatic heterocycles. The standard InChI is InChI=1S/C22H23N5O3S2/c1-12-23-15-9-14(4-5-16(15)30-12)24-20(29)17-10-18-21(31-17)25-22(32-18)27-7-6-13(11-27)8-19(28)26(2)3/h4-5,9-10,13H,6-8,11H2,1-3H3,(H,24,29). The number of thiazole rings is 1. The van der Waals surface area contributed by atoms with E-state index in [1.54, 1.807) is 49.4 Å². The van der Waals surface area contributed by atoms with Gasteiger partial charge < -0.3 is 19.5 Å². The largest absolute Gasteiger partial charge is 0.441 e. The first-order valence-corrected chi connectivity index (χ1v) is 12.0. The topological polar surface area (TPSA) is 91.6 Å². The van der Waals surface area contributed by atoms with E-state index < -0.39 is 0 Å². The van der Waals surface area contributed by atoms with Crippen molar-refractivity contribution in [2.24, 2.45) is 5.92 Å². The quantitative estimate of drug-likeness (QED) is 0.467. The predicted octanol–water partition coefficient (Wildman–Crippen LogP) is 4.36. The maximum absolute atomic E-state index is 12.8. The molecule has 0 spiro atoms. The number of aromatic nitrogens is 2. The Kier molecular flexibility index (Phi) is 5.34. The van der Waals surface area contributed by atoms with Gasteiger partial charge in [-0.05, 0) is 36.6 Å². The van der Waals surface area contributed by atoms with Crippen LogP contribution in [0.3, 0.4) is 0 Å². The van der Waals surface area contributed by atoms with Crippen LogP contribution in [0.4, 0.5) is 10.8 Å². The Morgan fingerprint density at radius 2 is 2.09 bits per heavy atom. The van der Waals surface area contributed by atoms with Crippen LogP contribution in [-0.4, -0.2) is 53.9 Å². The van der Waals surface area contributed by atoms with E-state index in [9.17, 15) is 9.59 Å². The van der Waals surface area contributed by atoms with Crippen molar-refractivity contribution in [2.45, 2.75) is 19.8 Å². The molecule has 166 valence electrons. The first kappa shape index (κ1) is 20.9. The summed E-state index contributed by atoms with van der Waals surface area (Å²) in [6.07, 6.45) is 1.57. The van der Waals surface area contributed by atoms with Crippen LogP contribution in [0.25, 0.3) is 20.6 Å². The van der Waals surface area contributed by atoms with Crippen LogP contribution in [0.15, 0.2) is 28.7 Å². The Morgan fingerprint density at radius 1 is 1.25 bits per heavy atom. The highest BCUT2D eigenvalue weighted by molar-refractivity contribution is 7.29. The van der Waals surface area contributed by atoms with Gasteiger partial charge in [-0.2, -0.15) is 0 Å². The Balaban J connectivity index is 1.26. The molecule has 1 aliphatic rings. The minimum absolute atomic E-state index is 0.162. The number of thiophene rings is 1. The summed E-state index contributed by atoms with van der Waals surface area (Å²) in [5.74, 6) is 0.965. The van der Waals surface area contributed by atoms with Gasteiger partial charge in [0.2, 0.25) is 5.91 Å². The molecule has 1 N–H and O–H groups in total. The third-order valence-electron chi connectivity index (χ3n) is 5.57. The lowest BCUT2D eigenvalue weighted by Crippen LogP contribution is -2.26. The molecule has 1 aromatic carbocycles. The van der Waals surface area contributed by atoms with Crippen LogP contribution in [-0.2, 0) is 4.79 Å². The second-order valence-corrected chi connectivity index (χ2v) is 10.3. The molecule has 5 rings (SSSR count). The van der Waals surface area contributed by atoms with Crippen molar-refractivity contribution in [3.63, 3.8) is 0 Å². The van der Waals surface area contributed by atoms with Gasteiger partial charge in [0, 0.05) is 46.2 Å². The van der Waals surface area contributed by atoms with Gasteiger partial charge in [0.1, 0.15) is 10.3 Å². The number of anilines is 2. The molecular weight excluding hydrogens is 446 g/mol. The van der Waals surface area contributed by atoms with Crippen molar-refractivity contribution >= 4 is 65.9 Å². The van der Waals surface area contributed by atoms with Gasteiger partial charge in [0.05, 0.1) is 9.58 Å². The molecule has 1 unspecified atom stereocenters. The van der Waals surface area contributed by atoms with E-state index in [1.807, 2.05) is 12.1 Å². The molecule has 0 radical (unpaired) electrons. The Bertz CT molecular complexity index is 1290. The number of aryl methyl sites for hydroxylation is 1. The van der Waals surface area contributed by atoms with Crippen LogP contribution >= 0.6 is 22.7 Å². The second kappa shape index (κ2) is 8.18. The van der Waals surface area contributed by atoms with Gasteiger partial charge in [-0.15, -0.1) is 11.3 Å². The van der Waals surface area contributed by atoms with Gasteiger partial charge in [-0.3, -0.25) is 9.59 Å². The van der Waals surface area contributed by atoms with Crippen molar-refractivity contribution in [1.82, 2.24) is 14.9 Å². The van der Waals surface area contributed by atoms with Gasteiger partial charge in [-0.25, -0.2) is 9.97 Å². The van der Waals surface area contributed by atoms with E-state index in [4.69, 9.17) is 9.40 Å². The lowest BCUT2D eigenvalue weighted by Gasteiger charge is -2.16. The summed E-state index contributed by atoms with van der Waals surface area (Å²) in [5, 5.41) is 3.90. The van der Waals surface area contributed by atoms with Gasteiger partial charge in [-0.1, -0.05) is 11.3 Å². The van der Waals surface area contributed by atoms with E-state index >= 15 is 0 Å². The summed E-state index contributed by atoms with van der Waals surface area (Å²) in [6, 6.07) is 7.32. The van der Waals surface area contributed by atoms with E-state index in [-0.39, 0.29) is 11.8 Å². The van der Waals surface area contributed by atoms with Gasteiger partial charge in [0.25, 0.3) is 5.91 Å². The van der Waals surface area contributed by atoms with Crippen molar-refractivity contribution in [3.05, 3.63) is 35.0 Å². The zero-order chi connectivity index (χ0) is 22.4. The lowest BCUT2D eigenvalue weighted by molar-refractivity contribution is -0.129. The third-order valence-corrected chi connectivity index (χ3v) is 7.79. The number of carbonyl (C=O) groups excluding carboxylic acids is 2. The lowest BCUT2D eigenvalue weighted by atomic mass is 10.0. The normalized spacial score (nSPS) is 16.2. The van der Waals surface area contributed by atoms with E-state index in [0.29, 0.717) is 34.4 Å². The van der Waals surface area contributed by atoms with Gasteiger partial charge >= 0.3 is 0 Å². The molecule has 2 amide bonds. The smallest absolute Gasteiger partial charge is 0.265 e. The molecule has 0 saturated carbocycles. The molecule has 10 heteroatoms. The zero-order valence-electron chi connectivity index (χ0n) is 18.0. The molecular formula is C22H23N5O3S2. The Labute approximate surface area is 192 Å². The number of hydrogen-bond donors (Lipinski definition) is 1. The number of nitrogens with zero attached hydrogens (tertiary/aromatic N) is 4. The minimum Gasteiger partial charge on any atom is -0.441 e. The highest BCUT2D eigenvalue weighted by Crippen LogP contribution is 2.37. The molecule has 3 aromatic heterocycles. The second-order valence-electron chi connectivity index (χ2n) is 8.24. The monoisotopic (exact) mass is 469 g/mol. The molecule has 8 nitrogen and oxygen atoms in total. The number of oxazole rings is 1. The summed E-state index contributed by atoms with van der Waals surface area (Å²) < 4.78 is 6.48. The number of fused-ring (bicyclic) bond motifs is 2. The molecule has 1 saturated heterocycles. The number of nitrogens with one attached hydrogen (secondary N) is 1. The summed E-state index contributed by atoms with van der Waals surface area (Å²) in [6.45, 7) is 3.55. The molecule has 1 fully saturated rings. The summed E-state index contributed by atoms with van der Waals surface area (Å²) in [4.78, 5) is 39.2. The van der Waals surface area contributed by atoms with Gasteiger partial charge in [0.15, 0.2) is 16.6 Å². The van der Waals surface area contributed by atoms with Crippen molar-refractivity contribution in [2.75, 3.05) is 37.4 Å². The minimum atomic E-state index is -0.162. The molecule has 0 aliphatic carbocycles. The van der Waals surface area contributed by atoms with Crippen LogP contribution < -0.4 is 10.2 Å². The summed E-state index contributed by atoms with van der Waals surface area (Å²) in [5.41, 5.74) is 2.09. The van der Waals surface area contributed by atoms with Crippen LogP contribution in [0.5, 0.6) is 0 Å². The van der Waals surface area contributed by atoms with Crippen LogP contribution in [0, 0.1) is 12.8 Å². The fourth-order valence-corrected chi connectivity index (χ4v) is 6.03. The third kappa shape index (κ3) is 4.07. The van der Waals surface area contributed by atoms with E-state index in [1.165, 1.54) is 11.3 Å². The first-order chi connectivity index (χ1) is 15.4. The van der Waals surface area contributed by atoms with Crippen molar-refractivity contribution < 1.29 is 14.0 Å². The van der Waals surface area contributed by atoms with E-state index in [2.05, 4.69) is 15.2 Å². The predicted molar refractivity (Wildman–Crippen MR) is 128 cm³/mol. The van der Waals surface area contributed by atoms with Crippen LogP contribution in [0.2, 0.25) is 0 Å². The number of hydrogen-bond acceptors (Lipinski definition) is 8. The fraction of sp³-hybridized carbons (Fsp3) is 0.364. The first-order valence-electron chi connectivity index (χ1n) is 10.4. The maximum atomic E-state index is 12.8. The molecule has 32 heavy (non-hydrogen) atoms. The van der Waals surface area contributed by atoms with Crippen molar-refractivity contribution in [1.29, 1.82) is 0 Å². The summed E-state index contributed by atoms with van der Waals surface area (Å²) in [7, 11) is 3.59. The molecule has 1 atom stereocenters. The highest BCUT2D eigenvalue weighted by Gasteiger charge is 2.27. The van der Waals surface area contributed by atoms with E-state index in [0.717, 1.165) is 39.7 Å². The van der Waals surface area contributed by atoms with Crippen molar-refractivity contribution in [3.8, 4) is 0 Å². The molecule has 4 heterocycles. The number of carbonyl (C=O) groups is 2. The SMILES string of the molecule is Cc1nc2cc(NC(=O)c3cc4sc(N5CCC(CC(=O)N(C)C)C5)nc4s3)ccc2o1. The Morgan fingerprint density at radius 3 is 2.88 bits per heavy atom. The fourth-order valence-electron chi connectivity index (χ4n) is 3.89. The van der Waals surface area contributed by atoms with Crippen LogP contribution in [0.1, 0.15) is 28.4 Å². The highest BCUT2D eigenvalue weighted by atomic mass is 32.1. The average molecular weight is 470 g/mol. The summed E-state index contributed by atoms with van der Waals surface area (Å²) >= 11 is 2.99. The number of amides is 2.